The molecule has 0 amide bonds. The van der Waals surface area contributed by atoms with Gasteiger partial charge in [0.1, 0.15) is 11.5 Å². The van der Waals surface area contributed by atoms with Crippen LogP contribution in [-0.4, -0.2) is 47.4 Å². The highest BCUT2D eigenvalue weighted by molar-refractivity contribution is 5.43. The van der Waals surface area contributed by atoms with E-state index in [1.54, 1.807) is 14.2 Å². The van der Waals surface area contributed by atoms with Crippen LogP contribution in [0, 0.1) is 0 Å². The van der Waals surface area contributed by atoms with Gasteiger partial charge in [-0.15, -0.1) is 0 Å². The summed E-state index contributed by atoms with van der Waals surface area (Å²) in [5.41, 5.74) is 2.13. The number of aromatic nitrogens is 3. The van der Waals surface area contributed by atoms with Crippen LogP contribution in [0.3, 0.4) is 0 Å². The van der Waals surface area contributed by atoms with Crippen LogP contribution in [0.4, 0.5) is 17.8 Å². The summed E-state index contributed by atoms with van der Waals surface area (Å²) >= 11 is 0. The smallest absolute Gasteiger partial charge is 0.229 e. The van der Waals surface area contributed by atoms with E-state index in [1.807, 2.05) is 48.5 Å². The molecule has 3 rings (SSSR count). The van der Waals surface area contributed by atoms with Crippen LogP contribution >= 0.6 is 0 Å². The summed E-state index contributed by atoms with van der Waals surface area (Å²) in [6.45, 7) is 1.42. The second-order valence-corrected chi connectivity index (χ2v) is 6.36. The summed E-state index contributed by atoms with van der Waals surface area (Å²) in [6, 6.07) is 15.5. The zero-order valence-electron chi connectivity index (χ0n) is 17.1. The van der Waals surface area contributed by atoms with Crippen LogP contribution in [0.5, 0.6) is 11.5 Å². The van der Waals surface area contributed by atoms with Crippen LogP contribution in [0.15, 0.2) is 48.5 Å². The lowest BCUT2D eigenvalue weighted by Crippen LogP contribution is -2.14. The molecule has 2 aromatic carbocycles. The van der Waals surface area contributed by atoms with E-state index in [1.165, 1.54) is 0 Å². The molecule has 30 heavy (non-hydrogen) atoms. The topological polar surface area (TPSA) is 113 Å². The molecule has 0 spiro atoms. The predicted octanol–water partition coefficient (Wildman–Crippen LogP) is 2.52. The van der Waals surface area contributed by atoms with E-state index in [2.05, 4.69) is 30.9 Å². The molecule has 0 radical (unpaired) electrons. The highest BCUT2D eigenvalue weighted by Crippen LogP contribution is 2.15. The molecule has 0 aliphatic carbocycles. The van der Waals surface area contributed by atoms with Gasteiger partial charge in [-0.3, -0.25) is 0 Å². The Labute approximate surface area is 175 Å². The fourth-order valence-corrected chi connectivity index (χ4v) is 2.63. The zero-order valence-corrected chi connectivity index (χ0v) is 17.1. The van der Waals surface area contributed by atoms with Gasteiger partial charge >= 0.3 is 0 Å². The van der Waals surface area contributed by atoms with Crippen molar-refractivity contribution in [3.63, 3.8) is 0 Å². The van der Waals surface area contributed by atoms with Gasteiger partial charge in [0.2, 0.25) is 17.8 Å². The number of aliphatic hydroxyl groups is 1. The van der Waals surface area contributed by atoms with E-state index in [9.17, 15) is 0 Å². The Hall–Kier alpha value is -3.59. The number of aliphatic hydroxyl groups excluding tert-OH is 1. The Balaban J connectivity index is 1.68. The lowest BCUT2D eigenvalue weighted by Gasteiger charge is -2.11. The van der Waals surface area contributed by atoms with Crippen molar-refractivity contribution in [2.45, 2.75) is 13.1 Å². The monoisotopic (exact) mass is 410 g/mol. The van der Waals surface area contributed by atoms with Gasteiger partial charge in [0.15, 0.2) is 0 Å². The largest absolute Gasteiger partial charge is 0.497 e. The van der Waals surface area contributed by atoms with E-state index in [0.717, 1.165) is 22.6 Å². The van der Waals surface area contributed by atoms with Gasteiger partial charge in [0, 0.05) is 19.6 Å². The summed E-state index contributed by atoms with van der Waals surface area (Å²) in [7, 11) is 3.28. The highest BCUT2D eigenvalue weighted by Gasteiger charge is 2.07. The minimum Gasteiger partial charge on any atom is -0.497 e. The quantitative estimate of drug-likeness (QED) is 0.379. The van der Waals surface area contributed by atoms with Crippen LogP contribution in [0.25, 0.3) is 0 Å². The first-order valence-electron chi connectivity index (χ1n) is 9.54. The molecule has 0 saturated carbocycles. The first kappa shape index (κ1) is 21.1. The van der Waals surface area contributed by atoms with Crippen molar-refractivity contribution in [2.24, 2.45) is 0 Å². The molecule has 158 valence electrons. The molecular weight excluding hydrogens is 384 g/mol. The van der Waals surface area contributed by atoms with Gasteiger partial charge in [-0.25, -0.2) is 0 Å². The van der Waals surface area contributed by atoms with Gasteiger partial charge in [0.05, 0.1) is 20.8 Å². The Bertz CT molecular complexity index is 849. The molecule has 0 bridgehead atoms. The number of anilines is 3. The third kappa shape index (κ3) is 6.21. The molecule has 9 nitrogen and oxygen atoms in total. The summed E-state index contributed by atoms with van der Waals surface area (Å²) in [4.78, 5) is 13.2. The van der Waals surface area contributed by atoms with E-state index in [0.29, 0.717) is 37.5 Å². The molecule has 0 saturated heterocycles. The van der Waals surface area contributed by atoms with Crippen molar-refractivity contribution >= 4 is 17.8 Å². The lowest BCUT2D eigenvalue weighted by molar-refractivity contribution is 0.311. The van der Waals surface area contributed by atoms with Gasteiger partial charge in [0.25, 0.3) is 0 Å². The maximum atomic E-state index is 9.07. The molecule has 3 aromatic rings. The fraction of sp³-hybridized carbons (Fsp3) is 0.286. The molecule has 0 atom stereocenters. The van der Waals surface area contributed by atoms with Gasteiger partial charge in [-0.2, -0.15) is 15.0 Å². The van der Waals surface area contributed by atoms with Crippen molar-refractivity contribution in [3.8, 4) is 11.5 Å². The number of ether oxygens (including phenoxy) is 2. The van der Waals surface area contributed by atoms with E-state index in [4.69, 9.17) is 14.6 Å². The van der Waals surface area contributed by atoms with E-state index in [-0.39, 0.29) is 6.61 Å². The normalized spacial score (nSPS) is 10.4. The van der Waals surface area contributed by atoms with Crippen LogP contribution < -0.4 is 25.4 Å². The molecule has 1 heterocycles. The number of rotatable bonds is 11. The Morgan fingerprint density at radius 2 is 1.07 bits per heavy atom. The summed E-state index contributed by atoms with van der Waals surface area (Å²) in [6.07, 6.45) is 0. The van der Waals surface area contributed by atoms with E-state index < -0.39 is 0 Å². The Kier molecular flexibility index (Phi) is 7.62. The third-order valence-corrected chi connectivity index (χ3v) is 4.25. The first-order chi connectivity index (χ1) is 14.7. The number of hydrogen-bond donors (Lipinski definition) is 4. The first-order valence-corrected chi connectivity index (χ1v) is 9.54. The maximum Gasteiger partial charge on any atom is 0.229 e. The summed E-state index contributed by atoms with van der Waals surface area (Å²) in [5.74, 6) is 2.85. The summed E-state index contributed by atoms with van der Waals surface area (Å²) < 4.78 is 10.4. The van der Waals surface area contributed by atoms with E-state index >= 15 is 0 Å². The second kappa shape index (κ2) is 10.8. The number of methoxy groups -OCH3 is 2. The minimum absolute atomic E-state index is 0.0189. The average molecular weight is 410 g/mol. The number of nitrogens with one attached hydrogen (secondary N) is 3. The van der Waals surface area contributed by atoms with Gasteiger partial charge in [-0.05, 0) is 35.4 Å². The zero-order chi connectivity index (χ0) is 21.2. The summed E-state index contributed by atoms with van der Waals surface area (Å²) in [5, 5.41) is 18.5. The molecule has 1 aromatic heterocycles. The second-order valence-electron chi connectivity index (χ2n) is 6.36. The van der Waals surface area contributed by atoms with Crippen LogP contribution in [0.2, 0.25) is 0 Å². The molecule has 4 N–H and O–H groups in total. The standard InChI is InChI=1S/C21H26N6O3/c1-29-17-7-3-15(4-8-17)13-23-20-25-19(22-11-12-28)26-21(27-20)24-14-16-5-9-18(30-2)10-6-16/h3-10,28H,11-14H2,1-2H3,(H3,22,23,24,25,26,27). The van der Waals surface area contributed by atoms with Gasteiger partial charge in [-0.1, -0.05) is 24.3 Å². The molecule has 0 fully saturated rings. The number of hydrogen-bond acceptors (Lipinski definition) is 9. The number of benzene rings is 2. The molecule has 0 aliphatic heterocycles. The fourth-order valence-electron chi connectivity index (χ4n) is 2.63. The maximum absolute atomic E-state index is 9.07. The van der Waals surface area contributed by atoms with Crippen molar-refractivity contribution in [1.82, 2.24) is 15.0 Å². The molecular formula is C21H26N6O3. The third-order valence-electron chi connectivity index (χ3n) is 4.25. The van der Waals surface area contributed by atoms with Crippen molar-refractivity contribution < 1.29 is 14.6 Å². The lowest BCUT2D eigenvalue weighted by atomic mass is 10.2. The minimum atomic E-state index is -0.0189. The van der Waals surface area contributed by atoms with Gasteiger partial charge < -0.3 is 30.5 Å². The Morgan fingerprint density at radius 1 is 0.667 bits per heavy atom. The molecule has 9 heteroatoms. The average Bonchev–Trinajstić information content (AvgIpc) is 2.80. The number of nitrogens with zero attached hydrogens (tertiary/aromatic N) is 3. The van der Waals surface area contributed by atoms with Crippen LogP contribution in [0.1, 0.15) is 11.1 Å². The van der Waals surface area contributed by atoms with Crippen molar-refractivity contribution in [1.29, 1.82) is 0 Å². The Morgan fingerprint density at radius 3 is 1.43 bits per heavy atom. The highest BCUT2D eigenvalue weighted by atomic mass is 16.5. The predicted molar refractivity (Wildman–Crippen MR) is 116 cm³/mol. The molecule has 0 aliphatic rings. The van der Waals surface area contributed by atoms with Crippen LogP contribution in [-0.2, 0) is 13.1 Å². The SMILES string of the molecule is COc1ccc(CNc2nc(NCCO)nc(NCc3ccc(OC)cc3)n2)cc1. The van der Waals surface area contributed by atoms with Crippen molar-refractivity contribution in [2.75, 3.05) is 43.3 Å². The van der Waals surface area contributed by atoms with Crippen molar-refractivity contribution in [3.05, 3.63) is 59.7 Å². The molecule has 0 unspecified atom stereocenters.